The van der Waals surface area contributed by atoms with Crippen LogP contribution < -0.4 is 0 Å². The zero-order valence-corrected chi connectivity index (χ0v) is 14.9. The van der Waals surface area contributed by atoms with Gasteiger partial charge < -0.3 is 0 Å². The van der Waals surface area contributed by atoms with Crippen LogP contribution in [0.2, 0.25) is 0 Å². The van der Waals surface area contributed by atoms with Crippen molar-refractivity contribution in [3.63, 3.8) is 0 Å². The van der Waals surface area contributed by atoms with Crippen molar-refractivity contribution >= 4 is 0 Å². The molecule has 0 aromatic heterocycles. The van der Waals surface area contributed by atoms with E-state index in [1.807, 2.05) is 0 Å². The molecule has 0 aromatic carbocycles. The van der Waals surface area contributed by atoms with Gasteiger partial charge in [0, 0.05) is 0 Å². The number of hydrogen-bond donors (Lipinski definition) is 0. The number of hydrogen-bond acceptors (Lipinski definition) is 0. The Labute approximate surface area is 144 Å². The maximum Gasteiger partial charge on any atom is 0.158 e. The van der Waals surface area contributed by atoms with Gasteiger partial charge in [-0.3, -0.25) is 0 Å². The third kappa shape index (κ3) is 5.26. The number of rotatable bonds is 6. The number of alkyl halides is 1. The van der Waals surface area contributed by atoms with E-state index in [1.54, 1.807) is 0 Å². The molecular weight excluding hydrogens is 309 g/mol. The van der Waals surface area contributed by atoms with Crippen LogP contribution in [0.3, 0.4) is 0 Å². The predicted octanol–water partition coefficient (Wildman–Crippen LogP) is 7.24. The first-order valence-electron chi connectivity index (χ1n) is 9.53. The van der Waals surface area contributed by atoms with Crippen LogP contribution in [-0.2, 0) is 0 Å². The van der Waals surface area contributed by atoms with E-state index >= 15 is 0 Å². The van der Waals surface area contributed by atoms with Gasteiger partial charge in [-0.1, -0.05) is 38.8 Å². The molecule has 0 aromatic rings. The molecule has 136 valence electrons. The molecule has 0 heterocycles. The van der Waals surface area contributed by atoms with Crippen molar-refractivity contribution in [3.8, 4) is 0 Å². The average Bonchev–Trinajstić information content (AvgIpc) is 2.61. The molecule has 0 saturated heterocycles. The van der Waals surface area contributed by atoms with E-state index in [-0.39, 0.29) is 5.92 Å². The highest BCUT2D eigenvalue weighted by molar-refractivity contribution is 5.30. The average molecular weight is 340 g/mol. The summed E-state index contributed by atoms with van der Waals surface area (Å²) >= 11 is 0. The molecule has 0 atom stereocenters. The van der Waals surface area contributed by atoms with Gasteiger partial charge >= 0.3 is 0 Å². The summed E-state index contributed by atoms with van der Waals surface area (Å²) in [6, 6.07) is 0. The van der Waals surface area contributed by atoms with Crippen molar-refractivity contribution in [2.45, 2.75) is 64.7 Å². The zero-order valence-electron chi connectivity index (χ0n) is 14.9. The van der Waals surface area contributed by atoms with Crippen LogP contribution in [-0.4, -0.2) is 6.67 Å². The first-order valence-corrected chi connectivity index (χ1v) is 9.53. The number of allylic oxidation sites excluding steroid dienone is 5. The molecule has 0 radical (unpaired) electrons. The lowest BCUT2D eigenvalue weighted by Crippen LogP contribution is -2.26. The van der Waals surface area contributed by atoms with Crippen LogP contribution in [0.15, 0.2) is 36.0 Å². The molecule has 2 aliphatic rings. The molecule has 0 nitrogen and oxygen atoms in total. The van der Waals surface area contributed by atoms with E-state index in [9.17, 15) is 13.2 Å². The Balaban J connectivity index is 1.90. The molecule has 0 bridgehead atoms. The van der Waals surface area contributed by atoms with Crippen LogP contribution in [0.4, 0.5) is 13.2 Å². The summed E-state index contributed by atoms with van der Waals surface area (Å²) in [6.45, 7) is 4.61. The standard InChI is InChI=1S/C21H31F3/c1-3-16-4-6-17(7-5-16)18-8-10-19(11-9-18)20(12-13-22)14-21(24)15(2)23/h12,14,16-19H,2-11,13H2,1H3/b20-12+,21-14+. The van der Waals surface area contributed by atoms with E-state index in [0.29, 0.717) is 5.57 Å². The second-order valence-electron chi connectivity index (χ2n) is 7.56. The molecule has 0 aliphatic heterocycles. The fraction of sp³-hybridized carbons (Fsp3) is 0.714. The largest absolute Gasteiger partial charge is 0.247 e. The molecule has 0 spiro atoms. The topological polar surface area (TPSA) is 0 Å². The van der Waals surface area contributed by atoms with Crippen molar-refractivity contribution in [1.29, 1.82) is 0 Å². The maximum atomic E-state index is 13.5. The molecule has 2 fully saturated rings. The third-order valence-corrected chi connectivity index (χ3v) is 6.24. The smallest absolute Gasteiger partial charge is 0.158 e. The maximum absolute atomic E-state index is 13.5. The second kappa shape index (κ2) is 9.48. The Morgan fingerprint density at radius 2 is 1.50 bits per heavy atom. The SMILES string of the molecule is C=C(F)/C(F)=C\C(=C/CF)C1CCC(C2CCC(CC)CC2)CC1. The van der Waals surface area contributed by atoms with E-state index in [0.717, 1.165) is 49.5 Å². The van der Waals surface area contributed by atoms with Crippen molar-refractivity contribution in [2.75, 3.05) is 6.67 Å². The lowest BCUT2D eigenvalue weighted by atomic mass is 9.68. The predicted molar refractivity (Wildman–Crippen MR) is 94.7 cm³/mol. The normalized spacial score (nSPS) is 32.7. The fourth-order valence-corrected chi connectivity index (χ4v) is 4.65. The first kappa shape index (κ1) is 19.3. The van der Waals surface area contributed by atoms with Gasteiger partial charge in [-0.05, 0) is 73.8 Å². The monoisotopic (exact) mass is 340 g/mol. The van der Waals surface area contributed by atoms with Gasteiger partial charge in [0.15, 0.2) is 11.7 Å². The van der Waals surface area contributed by atoms with Gasteiger partial charge in [-0.25, -0.2) is 13.2 Å². The van der Waals surface area contributed by atoms with E-state index in [4.69, 9.17) is 0 Å². The molecule has 2 rings (SSSR count). The van der Waals surface area contributed by atoms with Gasteiger partial charge in [0.05, 0.1) is 0 Å². The Hall–Kier alpha value is -0.990. The van der Waals surface area contributed by atoms with Crippen LogP contribution in [0, 0.1) is 23.7 Å². The van der Waals surface area contributed by atoms with Crippen molar-refractivity contribution < 1.29 is 13.2 Å². The minimum atomic E-state index is -1.08. The van der Waals surface area contributed by atoms with Crippen LogP contribution >= 0.6 is 0 Å². The van der Waals surface area contributed by atoms with Crippen LogP contribution in [0.5, 0.6) is 0 Å². The third-order valence-electron chi connectivity index (χ3n) is 6.24. The summed E-state index contributed by atoms with van der Waals surface area (Å²) < 4.78 is 39.1. The van der Waals surface area contributed by atoms with E-state index < -0.39 is 18.3 Å². The fourth-order valence-electron chi connectivity index (χ4n) is 4.65. The number of halogens is 3. The second-order valence-corrected chi connectivity index (χ2v) is 7.56. The van der Waals surface area contributed by atoms with Gasteiger partial charge in [-0.15, -0.1) is 0 Å². The Morgan fingerprint density at radius 3 is 1.96 bits per heavy atom. The van der Waals surface area contributed by atoms with Crippen molar-refractivity contribution in [2.24, 2.45) is 23.7 Å². The molecule has 2 saturated carbocycles. The molecule has 0 N–H and O–H groups in total. The molecule has 0 amide bonds. The minimum absolute atomic E-state index is 0.147. The van der Waals surface area contributed by atoms with E-state index in [1.165, 1.54) is 38.2 Å². The lowest BCUT2D eigenvalue weighted by molar-refractivity contribution is 0.152. The van der Waals surface area contributed by atoms with Crippen LogP contribution in [0.25, 0.3) is 0 Å². The Bertz CT molecular complexity index is 461. The highest BCUT2D eigenvalue weighted by atomic mass is 19.2. The molecule has 24 heavy (non-hydrogen) atoms. The summed E-state index contributed by atoms with van der Waals surface area (Å²) in [5, 5.41) is 0. The summed E-state index contributed by atoms with van der Waals surface area (Å²) in [5.41, 5.74) is 0.599. The van der Waals surface area contributed by atoms with E-state index in [2.05, 4.69) is 13.5 Å². The molecule has 3 heteroatoms. The van der Waals surface area contributed by atoms with Gasteiger partial charge in [0.25, 0.3) is 0 Å². The highest BCUT2D eigenvalue weighted by Gasteiger charge is 2.31. The zero-order chi connectivity index (χ0) is 17.5. The molecular formula is C21H31F3. The molecule has 0 unspecified atom stereocenters. The summed E-state index contributed by atoms with van der Waals surface area (Å²) in [4.78, 5) is 0. The highest BCUT2D eigenvalue weighted by Crippen LogP contribution is 2.43. The Morgan fingerprint density at radius 1 is 0.958 bits per heavy atom. The van der Waals surface area contributed by atoms with Gasteiger partial charge in [0.2, 0.25) is 0 Å². The lowest BCUT2D eigenvalue weighted by Gasteiger charge is -2.38. The van der Waals surface area contributed by atoms with Gasteiger partial charge in [-0.2, -0.15) is 0 Å². The van der Waals surface area contributed by atoms with Crippen molar-refractivity contribution in [1.82, 2.24) is 0 Å². The summed E-state index contributed by atoms with van der Waals surface area (Å²) in [7, 11) is 0. The van der Waals surface area contributed by atoms with Crippen molar-refractivity contribution in [3.05, 3.63) is 36.0 Å². The summed E-state index contributed by atoms with van der Waals surface area (Å²) in [5.74, 6) is 0.597. The minimum Gasteiger partial charge on any atom is -0.247 e. The first-order chi connectivity index (χ1) is 11.5. The van der Waals surface area contributed by atoms with Crippen LogP contribution in [0.1, 0.15) is 64.7 Å². The summed E-state index contributed by atoms with van der Waals surface area (Å²) in [6.07, 6.45) is 13.4. The van der Waals surface area contributed by atoms with Gasteiger partial charge in [0.1, 0.15) is 6.67 Å². The Kier molecular flexibility index (Phi) is 7.64. The molecule has 2 aliphatic carbocycles. The quantitative estimate of drug-likeness (QED) is 0.447.